The van der Waals surface area contributed by atoms with Crippen LogP contribution in [-0.2, 0) is 37.3 Å². The molecule has 1 rings (SSSR count). The van der Waals surface area contributed by atoms with Crippen molar-refractivity contribution in [3.8, 4) is 0 Å². The number of likely N-dealkylation sites (N-methyl/N-ethyl adjacent to an activating group) is 1. The zero-order valence-electron chi connectivity index (χ0n) is 21.5. The highest BCUT2D eigenvalue weighted by Crippen LogP contribution is 2.57. The molecule has 2 amide bonds. The quantitative estimate of drug-likeness (QED) is 0.112. The van der Waals surface area contributed by atoms with Gasteiger partial charge in [0.15, 0.2) is 17.0 Å². The third kappa shape index (κ3) is 12.8. The van der Waals surface area contributed by atoms with Gasteiger partial charge < -0.3 is 15.1 Å². The van der Waals surface area contributed by atoms with Crippen LogP contribution in [0.2, 0.25) is 0 Å². The number of phosphoric ester groups is 1. The number of nitrogens with one attached hydrogen (secondary N) is 2. The van der Waals surface area contributed by atoms with Gasteiger partial charge in [0.2, 0.25) is 11.8 Å². The van der Waals surface area contributed by atoms with Crippen LogP contribution < -0.4 is 10.6 Å². The molecular formula is C22H39N3O8PS+. The molecule has 0 aliphatic carbocycles. The van der Waals surface area contributed by atoms with Crippen molar-refractivity contribution in [2.45, 2.75) is 39.7 Å². The molecule has 1 heterocycles. The lowest BCUT2D eigenvalue weighted by atomic mass is 9.87. The minimum atomic E-state index is -3.89. The van der Waals surface area contributed by atoms with Crippen molar-refractivity contribution < 1.29 is 41.8 Å². The lowest BCUT2D eigenvalue weighted by molar-refractivity contribution is -0.870. The predicted molar refractivity (Wildman–Crippen MR) is 134 cm³/mol. The van der Waals surface area contributed by atoms with Gasteiger partial charge in [-0.25, -0.2) is 4.57 Å². The zero-order chi connectivity index (χ0) is 26.7. The van der Waals surface area contributed by atoms with Crippen LogP contribution in [0.25, 0.3) is 0 Å². The third-order valence-electron chi connectivity index (χ3n) is 4.80. The fraction of sp³-hybridized carbons (Fsp3) is 0.727. The molecule has 1 aliphatic heterocycles. The van der Waals surface area contributed by atoms with E-state index in [-0.39, 0.29) is 56.0 Å². The molecule has 2 N–H and O–H groups in total. The summed E-state index contributed by atoms with van der Waals surface area (Å²) in [5, 5.41) is 5.03. The van der Waals surface area contributed by atoms with Crippen molar-refractivity contribution in [2.75, 3.05) is 59.7 Å². The van der Waals surface area contributed by atoms with Crippen molar-refractivity contribution >= 4 is 42.3 Å². The summed E-state index contributed by atoms with van der Waals surface area (Å²) in [4.78, 5) is 47.8. The number of rotatable bonds is 14. The van der Waals surface area contributed by atoms with Gasteiger partial charge in [-0.15, -0.1) is 0 Å². The number of amides is 2. The number of thioether (sulfide) groups is 1. The summed E-state index contributed by atoms with van der Waals surface area (Å²) in [5.74, 6) is -0.722. The van der Waals surface area contributed by atoms with E-state index in [1.54, 1.807) is 26.8 Å². The number of phosphoric acid groups is 1. The molecule has 35 heavy (non-hydrogen) atoms. The lowest BCUT2D eigenvalue weighted by Crippen LogP contribution is -2.50. The van der Waals surface area contributed by atoms with E-state index < -0.39 is 25.2 Å². The van der Waals surface area contributed by atoms with Gasteiger partial charge >= 0.3 is 7.82 Å². The summed E-state index contributed by atoms with van der Waals surface area (Å²) >= 11 is 0.981. The van der Waals surface area contributed by atoms with Gasteiger partial charge in [0, 0.05) is 30.7 Å². The van der Waals surface area contributed by atoms with Gasteiger partial charge in [-0.05, 0) is 13.0 Å². The smallest absolute Gasteiger partial charge is 0.355 e. The average Bonchev–Trinajstić information content (AvgIpc) is 2.72. The monoisotopic (exact) mass is 536 g/mol. The molecule has 1 fully saturated rings. The molecule has 0 spiro atoms. The number of hydrogen-bond acceptors (Lipinski definition) is 9. The Labute approximate surface area is 211 Å². The van der Waals surface area contributed by atoms with E-state index >= 15 is 0 Å². The van der Waals surface area contributed by atoms with Crippen molar-refractivity contribution in [1.29, 1.82) is 0 Å². The normalized spacial score (nSPS) is 22.1. The molecule has 0 bridgehead atoms. The highest BCUT2D eigenvalue weighted by Gasteiger charge is 2.49. The molecule has 0 radical (unpaired) electrons. The van der Waals surface area contributed by atoms with E-state index in [1.165, 1.54) is 6.08 Å². The SMILES string of the molecule is C/C=C/C(=O)CC(=O)SCCNC(=O)CCNC(=O)[C@@H]1OP(=O)(OCC[N+](C)(C)C)OCC1(C)C. The first-order valence-electron chi connectivity index (χ1n) is 11.4. The fourth-order valence-corrected chi connectivity index (χ4v) is 5.10. The number of allylic oxidation sites excluding steroid dienone is 2. The first kappa shape index (κ1) is 31.5. The number of carbonyl (C=O) groups excluding carboxylic acids is 4. The molecule has 200 valence electrons. The van der Waals surface area contributed by atoms with Crippen LogP contribution in [0, 0.1) is 5.41 Å². The number of quaternary nitrogens is 1. The molecule has 2 atom stereocenters. The topological polar surface area (TPSA) is 137 Å². The van der Waals surface area contributed by atoms with Gasteiger partial charge in [-0.2, -0.15) is 0 Å². The van der Waals surface area contributed by atoms with E-state index in [1.807, 2.05) is 21.1 Å². The van der Waals surface area contributed by atoms with Gasteiger partial charge in [0.25, 0.3) is 0 Å². The number of ketones is 1. The Bertz CT molecular complexity index is 841. The van der Waals surface area contributed by atoms with Crippen LogP contribution in [0.3, 0.4) is 0 Å². The van der Waals surface area contributed by atoms with Crippen LogP contribution in [0.15, 0.2) is 12.2 Å². The van der Waals surface area contributed by atoms with Crippen molar-refractivity contribution in [1.82, 2.24) is 10.6 Å². The van der Waals surface area contributed by atoms with Crippen molar-refractivity contribution in [3.63, 3.8) is 0 Å². The predicted octanol–water partition coefficient (Wildman–Crippen LogP) is 1.68. The maximum atomic E-state index is 12.8. The highest BCUT2D eigenvalue weighted by atomic mass is 32.2. The largest absolute Gasteiger partial charge is 0.475 e. The summed E-state index contributed by atoms with van der Waals surface area (Å²) in [6, 6.07) is 0. The third-order valence-corrected chi connectivity index (χ3v) is 7.09. The number of hydrogen-bond donors (Lipinski definition) is 2. The van der Waals surface area contributed by atoms with E-state index in [9.17, 15) is 23.7 Å². The zero-order valence-corrected chi connectivity index (χ0v) is 23.2. The van der Waals surface area contributed by atoms with E-state index in [4.69, 9.17) is 13.6 Å². The number of nitrogens with zero attached hydrogens (tertiary/aromatic N) is 1. The van der Waals surface area contributed by atoms with Crippen molar-refractivity contribution in [3.05, 3.63) is 12.2 Å². The van der Waals surface area contributed by atoms with Gasteiger partial charge in [0.1, 0.15) is 13.2 Å². The molecule has 0 aromatic rings. The summed E-state index contributed by atoms with van der Waals surface area (Å²) in [7, 11) is 2.00. The van der Waals surface area contributed by atoms with Crippen LogP contribution in [-0.4, -0.2) is 93.0 Å². The van der Waals surface area contributed by atoms with E-state index in [0.29, 0.717) is 16.8 Å². The molecule has 1 aliphatic rings. The molecule has 11 nitrogen and oxygen atoms in total. The molecule has 1 saturated heterocycles. The van der Waals surface area contributed by atoms with Crippen LogP contribution >= 0.6 is 19.6 Å². The maximum Gasteiger partial charge on any atom is 0.475 e. The minimum Gasteiger partial charge on any atom is -0.355 e. The highest BCUT2D eigenvalue weighted by molar-refractivity contribution is 8.13. The molecule has 0 aromatic carbocycles. The molecule has 0 aromatic heterocycles. The molecule has 13 heteroatoms. The Hall–Kier alpha value is -1.56. The molecule has 1 unspecified atom stereocenters. The molecular weight excluding hydrogens is 497 g/mol. The Morgan fingerprint density at radius 1 is 1.17 bits per heavy atom. The average molecular weight is 537 g/mol. The lowest BCUT2D eigenvalue weighted by Gasteiger charge is -2.39. The first-order valence-corrected chi connectivity index (χ1v) is 13.9. The van der Waals surface area contributed by atoms with Crippen LogP contribution in [0.1, 0.15) is 33.6 Å². The second-order valence-electron chi connectivity index (χ2n) is 9.80. The summed E-state index contributed by atoms with van der Waals surface area (Å²) < 4.78 is 29.6. The fourth-order valence-electron chi connectivity index (χ4n) is 2.79. The number of carbonyl (C=O) groups is 4. The van der Waals surface area contributed by atoms with E-state index in [2.05, 4.69) is 10.6 Å². The van der Waals surface area contributed by atoms with Gasteiger partial charge in [-0.1, -0.05) is 31.7 Å². The summed E-state index contributed by atoms with van der Waals surface area (Å²) in [5.41, 5.74) is -0.748. The minimum absolute atomic E-state index is 0.0178. The maximum absolute atomic E-state index is 12.8. The first-order chi connectivity index (χ1) is 16.2. The Balaban J connectivity index is 2.39. The Kier molecular flexibility index (Phi) is 12.8. The van der Waals surface area contributed by atoms with Crippen LogP contribution in [0.4, 0.5) is 0 Å². The second kappa shape index (κ2) is 14.2. The Morgan fingerprint density at radius 3 is 2.49 bits per heavy atom. The standard InChI is InChI=1S/C22H38N3O8PS/c1-7-8-17(26)15-19(28)35-14-11-23-18(27)9-10-24-21(29)20-22(2,3)16-32-34(30,33-20)31-13-12-25(4,5)6/h7-8,20H,9-16H2,1-6H3,(H-,23,24,27,29)/p+1/b8-7+/t20-,34?/m0/s1. The summed E-state index contributed by atoms with van der Waals surface area (Å²) in [6.07, 6.45) is 1.70. The van der Waals surface area contributed by atoms with Crippen LogP contribution in [0.5, 0.6) is 0 Å². The summed E-state index contributed by atoms with van der Waals surface area (Å²) in [6.45, 7) is 6.26. The van der Waals surface area contributed by atoms with Gasteiger partial charge in [-0.3, -0.25) is 32.7 Å². The van der Waals surface area contributed by atoms with Gasteiger partial charge in [0.05, 0.1) is 34.2 Å². The Morgan fingerprint density at radius 2 is 1.86 bits per heavy atom. The van der Waals surface area contributed by atoms with E-state index in [0.717, 1.165) is 11.8 Å². The molecule has 0 saturated carbocycles. The second-order valence-corrected chi connectivity index (χ2v) is 12.6. The van der Waals surface area contributed by atoms with Crippen molar-refractivity contribution in [2.24, 2.45) is 5.41 Å².